The molecule has 2 fully saturated rings. The maximum atomic E-state index is 11.2. The normalized spacial score (nSPS) is 40.9. The number of thioether (sulfide) groups is 1. The fraction of sp³-hybridized carbons (Fsp3) is 0.667. The summed E-state index contributed by atoms with van der Waals surface area (Å²) in [5.41, 5.74) is 0. The fourth-order valence-electron chi connectivity index (χ4n) is 2.07. The van der Waals surface area contributed by atoms with E-state index in [2.05, 4.69) is 0 Å². The second-order valence-corrected chi connectivity index (χ2v) is 6.78. The van der Waals surface area contributed by atoms with E-state index in [1.807, 2.05) is 11.1 Å². The molecule has 14 heavy (non-hydrogen) atoms. The molecule has 0 aromatic rings. The molecule has 2 saturated heterocycles. The van der Waals surface area contributed by atoms with Gasteiger partial charge in [-0.25, -0.2) is 0 Å². The highest BCUT2D eigenvalue weighted by Crippen LogP contribution is 2.46. The first-order chi connectivity index (χ1) is 6.74. The van der Waals surface area contributed by atoms with E-state index in [1.54, 1.807) is 11.8 Å². The first-order valence-electron chi connectivity index (χ1n) is 4.78. The van der Waals surface area contributed by atoms with Crippen LogP contribution in [0, 0.1) is 5.92 Å². The zero-order valence-electron chi connectivity index (χ0n) is 7.64. The number of rotatable bonds is 1. The SMILES string of the molecule is O=C1C[C@H]2SC(C3CCS(=O)C3)=CN12. The highest BCUT2D eigenvalue weighted by molar-refractivity contribution is 8.04. The van der Waals surface area contributed by atoms with E-state index < -0.39 is 10.8 Å². The Morgan fingerprint density at radius 3 is 3.00 bits per heavy atom. The molecule has 1 amide bonds. The van der Waals surface area contributed by atoms with Crippen LogP contribution in [0.5, 0.6) is 0 Å². The Morgan fingerprint density at radius 2 is 2.43 bits per heavy atom. The van der Waals surface area contributed by atoms with Crippen LogP contribution >= 0.6 is 11.8 Å². The van der Waals surface area contributed by atoms with E-state index in [4.69, 9.17) is 0 Å². The minimum atomic E-state index is -0.617. The molecule has 5 heteroatoms. The molecule has 3 rings (SSSR count). The lowest BCUT2D eigenvalue weighted by Gasteiger charge is -2.31. The Balaban J connectivity index is 1.75. The van der Waals surface area contributed by atoms with Gasteiger partial charge in [0.15, 0.2) is 0 Å². The van der Waals surface area contributed by atoms with E-state index in [0.29, 0.717) is 17.7 Å². The van der Waals surface area contributed by atoms with Crippen LogP contribution in [-0.2, 0) is 15.6 Å². The number of allylic oxidation sites excluding steroid dienone is 1. The van der Waals surface area contributed by atoms with Crippen molar-refractivity contribution in [1.29, 1.82) is 0 Å². The predicted octanol–water partition coefficient (Wildman–Crippen LogP) is 0.902. The maximum Gasteiger partial charge on any atom is 0.230 e. The van der Waals surface area contributed by atoms with Crippen molar-refractivity contribution in [1.82, 2.24) is 4.90 Å². The summed E-state index contributed by atoms with van der Waals surface area (Å²) in [6.07, 6.45) is 3.69. The van der Waals surface area contributed by atoms with Gasteiger partial charge in [0.25, 0.3) is 0 Å². The Labute approximate surface area is 89.4 Å². The Morgan fingerprint density at radius 1 is 1.57 bits per heavy atom. The van der Waals surface area contributed by atoms with Gasteiger partial charge in [-0.2, -0.15) is 0 Å². The zero-order chi connectivity index (χ0) is 9.71. The van der Waals surface area contributed by atoms with Gasteiger partial charge in [0.05, 0.1) is 11.8 Å². The van der Waals surface area contributed by atoms with Gasteiger partial charge in [-0.15, -0.1) is 11.8 Å². The van der Waals surface area contributed by atoms with E-state index in [0.717, 1.165) is 17.9 Å². The number of carbonyl (C=O) groups excluding carboxylic acids is 1. The molecule has 0 aromatic heterocycles. The lowest BCUT2D eigenvalue weighted by molar-refractivity contribution is -0.137. The number of amides is 1. The lowest BCUT2D eigenvalue weighted by atomic mass is 10.1. The molecule has 3 nitrogen and oxygen atoms in total. The molecule has 0 spiro atoms. The van der Waals surface area contributed by atoms with Gasteiger partial charge in [-0.1, -0.05) is 0 Å². The summed E-state index contributed by atoms with van der Waals surface area (Å²) in [6.45, 7) is 0. The monoisotopic (exact) mass is 229 g/mol. The number of nitrogens with zero attached hydrogens (tertiary/aromatic N) is 1. The third-order valence-corrected chi connectivity index (χ3v) is 5.81. The smallest absolute Gasteiger partial charge is 0.230 e. The molecule has 3 atom stereocenters. The number of hydrogen-bond acceptors (Lipinski definition) is 3. The van der Waals surface area contributed by atoms with Crippen molar-refractivity contribution in [3.05, 3.63) is 11.1 Å². The van der Waals surface area contributed by atoms with Crippen LogP contribution in [0.3, 0.4) is 0 Å². The second kappa shape index (κ2) is 3.10. The number of β-lactam (4-membered cyclic amide) rings is 1. The van der Waals surface area contributed by atoms with Gasteiger partial charge in [0.1, 0.15) is 0 Å². The summed E-state index contributed by atoms with van der Waals surface area (Å²) in [4.78, 5) is 14.2. The van der Waals surface area contributed by atoms with Gasteiger partial charge in [0, 0.05) is 39.3 Å². The largest absolute Gasteiger partial charge is 0.305 e. The van der Waals surface area contributed by atoms with E-state index in [-0.39, 0.29) is 5.91 Å². The summed E-state index contributed by atoms with van der Waals surface area (Å²) in [7, 11) is -0.617. The minimum Gasteiger partial charge on any atom is -0.305 e. The molecule has 3 aliphatic rings. The topological polar surface area (TPSA) is 37.4 Å². The van der Waals surface area contributed by atoms with Crippen LogP contribution < -0.4 is 0 Å². The highest BCUT2D eigenvalue weighted by atomic mass is 32.2. The predicted molar refractivity (Wildman–Crippen MR) is 56.9 cm³/mol. The van der Waals surface area contributed by atoms with Crippen LogP contribution in [-0.4, -0.2) is 31.9 Å². The van der Waals surface area contributed by atoms with Gasteiger partial charge < -0.3 is 4.90 Å². The summed E-state index contributed by atoms with van der Waals surface area (Å²) in [5.74, 6) is 2.32. The van der Waals surface area contributed by atoms with Crippen LogP contribution in [0.1, 0.15) is 12.8 Å². The average molecular weight is 229 g/mol. The zero-order valence-corrected chi connectivity index (χ0v) is 9.27. The fourth-order valence-corrected chi connectivity index (χ4v) is 5.08. The average Bonchev–Trinajstić information content (AvgIpc) is 2.69. The van der Waals surface area contributed by atoms with Gasteiger partial charge in [-0.05, 0) is 6.42 Å². The standard InChI is InChI=1S/C9H11NO2S2/c11-8-3-9-10(8)4-7(13-9)6-1-2-14(12)5-6/h4,6,9H,1-3,5H2/t6?,9-,14?/m1/s1. The van der Waals surface area contributed by atoms with Crippen molar-refractivity contribution in [2.24, 2.45) is 5.92 Å². The summed E-state index contributed by atoms with van der Waals surface area (Å²) in [5, 5.41) is 0.367. The van der Waals surface area contributed by atoms with E-state index >= 15 is 0 Å². The van der Waals surface area contributed by atoms with Crippen molar-refractivity contribution in [2.45, 2.75) is 18.2 Å². The summed E-state index contributed by atoms with van der Waals surface area (Å²) < 4.78 is 11.2. The van der Waals surface area contributed by atoms with Gasteiger partial charge in [-0.3, -0.25) is 9.00 Å². The molecule has 0 aliphatic carbocycles. The van der Waals surface area contributed by atoms with Crippen molar-refractivity contribution in [3.8, 4) is 0 Å². The number of fused-ring (bicyclic) bond motifs is 1. The summed E-state index contributed by atoms with van der Waals surface area (Å²) in [6, 6.07) is 0. The van der Waals surface area contributed by atoms with Crippen molar-refractivity contribution in [3.63, 3.8) is 0 Å². The van der Waals surface area contributed by atoms with Crippen LogP contribution in [0.25, 0.3) is 0 Å². The molecule has 0 N–H and O–H groups in total. The van der Waals surface area contributed by atoms with E-state index in [9.17, 15) is 9.00 Å². The molecule has 0 bridgehead atoms. The number of hydrogen-bond donors (Lipinski definition) is 0. The molecule has 0 radical (unpaired) electrons. The number of carbonyl (C=O) groups is 1. The molecular formula is C9H11NO2S2. The first kappa shape index (κ1) is 8.97. The van der Waals surface area contributed by atoms with Crippen molar-refractivity contribution in [2.75, 3.05) is 11.5 Å². The van der Waals surface area contributed by atoms with Crippen LogP contribution in [0.15, 0.2) is 11.1 Å². The minimum absolute atomic E-state index is 0.233. The van der Waals surface area contributed by atoms with Gasteiger partial charge >= 0.3 is 0 Å². The molecule has 2 unspecified atom stereocenters. The molecule has 3 aliphatic heterocycles. The van der Waals surface area contributed by atoms with Crippen molar-refractivity contribution < 1.29 is 9.00 Å². The third kappa shape index (κ3) is 1.26. The Kier molecular flexibility index (Phi) is 1.99. The Bertz CT molecular complexity index is 353. The maximum absolute atomic E-state index is 11.2. The molecule has 76 valence electrons. The van der Waals surface area contributed by atoms with Crippen LogP contribution in [0.4, 0.5) is 0 Å². The lowest BCUT2D eigenvalue weighted by Crippen LogP contribution is -2.44. The first-order valence-corrected chi connectivity index (χ1v) is 7.15. The molecular weight excluding hydrogens is 218 g/mol. The van der Waals surface area contributed by atoms with Crippen molar-refractivity contribution >= 4 is 28.5 Å². The molecule has 0 saturated carbocycles. The quantitative estimate of drug-likeness (QED) is 0.627. The van der Waals surface area contributed by atoms with Crippen LogP contribution in [0.2, 0.25) is 0 Å². The Hall–Kier alpha value is -0.290. The third-order valence-electron chi connectivity index (χ3n) is 2.97. The summed E-state index contributed by atoms with van der Waals surface area (Å²) >= 11 is 1.80. The van der Waals surface area contributed by atoms with Gasteiger partial charge in [0.2, 0.25) is 5.91 Å². The molecule has 3 heterocycles. The highest BCUT2D eigenvalue weighted by Gasteiger charge is 2.42. The second-order valence-electron chi connectivity index (χ2n) is 3.91. The molecule has 0 aromatic carbocycles. The van der Waals surface area contributed by atoms with E-state index in [1.165, 1.54) is 4.91 Å².